The first kappa shape index (κ1) is 24.3. The van der Waals surface area contributed by atoms with Crippen molar-refractivity contribution in [2.24, 2.45) is 4.99 Å². The van der Waals surface area contributed by atoms with Crippen molar-refractivity contribution in [2.45, 2.75) is 6.61 Å². The summed E-state index contributed by atoms with van der Waals surface area (Å²) >= 11 is 15.3. The number of hydrogen-bond donors (Lipinski definition) is 0. The van der Waals surface area contributed by atoms with Crippen LogP contribution in [-0.4, -0.2) is 19.0 Å². The Bertz CT molecular complexity index is 1310. The van der Waals surface area contributed by atoms with Gasteiger partial charge in [-0.3, -0.25) is 0 Å². The standard InChI is InChI=1S/C24H15Br2ClINO4/c1-31-21-10-14(8-18(26)22(21)32-12-13-3-2-4-16(27)7-13)9-20-24(30)33-23(29-20)15-5-6-19(28)17(25)11-15/h2-11H,12H2,1H3/b20-9-. The lowest BCUT2D eigenvalue weighted by molar-refractivity contribution is -0.129. The molecular weight excluding hydrogens is 688 g/mol. The largest absolute Gasteiger partial charge is 0.493 e. The summed E-state index contributed by atoms with van der Waals surface area (Å²) < 4.78 is 19.5. The van der Waals surface area contributed by atoms with E-state index < -0.39 is 5.97 Å². The van der Waals surface area contributed by atoms with Gasteiger partial charge in [-0.15, -0.1) is 0 Å². The van der Waals surface area contributed by atoms with Crippen LogP contribution in [0.2, 0.25) is 5.02 Å². The zero-order valence-electron chi connectivity index (χ0n) is 17.1. The lowest BCUT2D eigenvalue weighted by Crippen LogP contribution is -2.05. The van der Waals surface area contributed by atoms with Crippen LogP contribution in [0.1, 0.15) is 16.7 Å². The number of halogens is 4. The van der Waals surface area contributed by atoms with Gasteiger partial charge in [0.05, 0.1) is 11.6 Å². The maximum absolute atomic E-state index is 12.4. The van der Waals surface area contributed by atoms with Crippen molar-refractivity contribution in [3.05, 3.63) is 94.5 Å². The lowest BCUT2D eigenvalue weighted by atomic mass is 10.1. The van der Waals surface area contributed by atoms with Crippen LogP contribution in [0.3, 0.4) is 0 Å². The fraction of sp³-hybridized carbons (Fsp3) is 0.0833. The van der Waals surface area contributed by atoms with E-state index in [-0.39, 0.29) is 11.6 Å². The summed E-state index contributed by atoms with van der Waals surface area (Å²) in [6, 6.07) is 16.7. The molecule has 168 valence electrons. The van der Waals surface area contributed by atoms with Gasteiger partial charge in [-0.2, -0.15) is 0 Å². The number of carbonyl (C=O) groups excluding carboxylic acids is 1. The van der Waals surface area contributed by atoms with Crippen LogP contribution in [0, 0.1) is 3.57 Å². The first-order valence-electron chi connectivity index (χ1n) is 9.57. The van der Waals surface area contributed by atoms with E-state index >= 15 is 0 Å². The third-order valence-corrected chi connectivity index (χ3v) is 7.78. The highest BCUT2D eigenvalue weighted by Crippen LogP contribution is 2.38. The summed E-state index contributed by atoms with van der Waals surface area (Å²) in [7, 11) is 1.56. The van der Waals surface area contributed by atoms with Crippen molar-refractivity contribution >= 4 is 84.0 Å². The Labute approximate surface area is 226 Å². The Balaban J connectivity index is 1.59. The second kappa shape index (κ2) is 10.6. The topological polar surface area (TPSA) is 57.1 Å². The molecule has 3 aromatic carbocycles. The molecule has 0 saturated heterocycles. The van der Waals surface area contributed by atoms with E-state index in [1.807, 2.05) is 48.5 Å². The van der Waals surface area contributed by atoms with E-state index in [4.69, 9.17) is 25.8 Å². The maximum atomic E-state index is 12.4. The molecule has 0 fully saturated rings. The summed E-state index contributed by atoms with van der Waals surface area (Å²) in [5.74, 6) is 0.795. The summed E-state index contributed by atoms with van der Waals surface area (Å²) in [5, 5.41) is 0.644. The minimum Gasteiger partial charge on any atom is -0.493 e. The molecule has 5 nitrogen and oxygen atoms in total. The Morgan fingerprint density at radius 2 is 1.94 bits per heavy atom. The SMILES string of the molecule is COc1cc(/C=C2\N=C(c3ccc(I)c(Br)c3)OC2=O)cc(Br)c1OCc1cccc(Cl)c1. The highest BCUT2D eigenvalue weighted by Gasteiger charge is 2.25. The Kier molecular flexibility index (Phi) is 7.78. The maximum Gasteiger partial charge on any atom is 0.363 e. The molecule has 0 unspecified atom stereocenters. The lowest BCUT2D eigenvalue weighted by Gasteiger charge is -2.14. The molecule has 0 N–H and O–H groups in total. The molecule has 0 bridgehead atoms. The van der Waals surface area contributed by atoms with Gasteiger partial charge in [-0.25, -0.2) is 9.79 Å². The first-order valence-corrected chi connectivity index (χ1v) is 12.6. The quantitative estimate of drug-likeness (QED) is 0.153. The second-order valence-electron chi connectivity index (χ2n) is 6.92. The number of methoxy groups -OCH3 is 1. The zero-order chi connectivity index (χ0) is 23.5. The Hall–Kier alpha value is -1.88. The molecule has 0 radical (unpaired) electrons. The average Bonchev–Trinajstić information content (AvgIpc) is 3.14. The minimum absolute atomic E-state index is 0.196. The van der Waals surface area contributed by atoms with Crippen LogP contribution < -0.4 is 9.47 Å². The van der Waals surface area contributed by atoms with Gasteiger partial charge in [0.1, 0.15) is 6.61 Å². The van der Waals surface area contributed by atoms with E-state index in [1.165, 1.54) is 0 Å². The number of esters is 1. The summed E-state index contributed by atoms with van der Waals surface area (Å²) in [6.07, 6.45) is 1.64. The predicted octanol–water partition coefficient (Wildman–Crippen LogP) is 7.40. The molecule has 1 heterocycles. The number of benzene rings is 3. The summed E-state index contributed by atoms with van der Waals surface area (Å²) in [4.78, 5) is 16.8. The van der Waals surface area contributed by atoms with Crippen molar-refractivity contribution in [1.82, 2.24) is 0 Å². The van der Waals surface area contributed by atoms with E-state index in [1.54, 1.807) is 19.3 Å². The molecule has 0 amide bonds. The molecule has 4 rings (SSSR count). The molecule has 1 aliphatic heterocycles. The molecule has 0 atom stereocenters. The van der Waals surface area contributed by atoms with Crippen LogP contribution in [0.25, 0.3) is 6.08 Å². The monoisotopic (exact) mass is 701 g/mol. The number of carbonyl (C=O) groups is 1. The number of hydrogen-bond acceptors (Lipinski definition) is 5. The van der Waals surface area contributed by atoms with Crippen molar-refractivity contribution < 1.29 is 19.0 Å². The fourth-order valence-corrected chi connectivity index (χ4v) is 4.57. The Morgan fingerprint density at radius 3 is 2.67 bits per heavy atom. The smallest absolute Gasteiger partial charge is 0.363 e. The van der Waals surface area contributed by atoms with Gasteiger partial charge in [0.25, 0.3) is 0 Å². The van der Waals surface area contributed by atoms with Gasteiger partial charge in [0.15, 0.2) is 17.2 Å². The summed E-state index contributed by atoms with van der Waals surface area (Å²) in [6.45, 7) is 0.321. The molecule has 3 aromatic rings. The normalized spacial score (nSPS) is 14.3. The second-order valence-corrected chi connectivity index (χ2v) is 10.2. The van der Waals surface area contributed by atoms with E-state index in [0.29, 0.717) is 38.7 Å². The number of nitrogens with zero attached hydrogens (tertiary/aromatic N) is 1. The van der Waals surface area contributed by atoms with Gasteiger partial charge < -0.3 is 14.2 Å². The van der Waals surface area contributed by atoms with Gasteiger partial charge in [0, 0.05) is 18.6 Å². The highest BCUT2D eigenvalue weighted by atomic mass is 127. The molecule has 0 aliphatic carbocycles. The predicted molar refractivity (Wildman–Crippen MR) is 144 cm³/mol. The fourth-order valence-electron chi connectivity index (χ4n) is 3.07. The minimum atomic E-state index is -0.518. The van der Waals surface area contributed by atoms with Crippen molar-refractivity contribution in [2.75, 3.05) is 7.11 Å². The average molecular weight is 704 g/mol. The van der Waals surface area contributed by atoms with Gasteiger partial charge in [-0.05, 0) is 114 Å². The van der Waals surface area contributed by atoms with Crippen LogP contribution in [-0.2, 0) is 16.1 Å². The number of ether oxygens (including phenoxy) is 3. The molecule has 9 heteroatoms. The first-order chi connectivity index (χ1) is 15.8. The summed E-state index contributed by atoms with van der Waals surface area (Å²) in [5.41, 5.74) is 2.54. The van der Waals surface area contributed by atoms with E-state index in [2.05, 4.69) is 59.4 Å². The van der Waals surface area contributed by atoms with Crippen molar-refractivity contribution in [3.63, 3.8) is 0 Å². The van der Waals surface area contributed by atoms with Gasteiger partial charge in [-0.1, -0.05) is 23.7 Å². The highest BCUT2D eigenvalue weighted by molar-refractivity contribution is 14.1. The van der Waals surface area contributed by atoms with E-state index in [0.717, 1.165) is 13.6 Å². The molecule has 33 heavy (non-hydrogen) atoms. The molecular formula is C24H15Br2ClINO4. The van der Waals surface area contributed by atoms with E-state index in [9.17, 15) is 4.79 Å². The van der Waals surface area contributed by atoms with Crippen molar-refractivity contribution in [3.8, 4) is 11.5 Å². The van der Waals surface area contributed by atoms with Gasteiger partial charge in [0.2, 0.25) is 5.90 Å². The molecule has 0 spiro atoms. The molecule has 0 saturated carbocycles. The number of aliphatic imine (C=N–C) groups is 1. The number of rotatable bonds is 6. The van der Waals surface area contributed by atoms with Crippen LogP contribution in [0.5, 0.6) is 11.5 Å². The Morgan fingerprint density at radius 1 is 1.12 bits per heavy atom. The molecule has 1 aliphatic rings. The van der Waals surface area contributed by atoms with Gasteiger partial charge >= 0.3 is 5.97 Å². The molecule has 0 aromatic heterocycles. The van der Waals surface area contributed by atoms with Crippen molar-refractivity contribution in [1.29, 1.82) is 0 Å². The van der Waals surface area contributed by atoms with Crippen LogP contribution in [0.15, 0.2) is 74.2 Å². The number of cyclic esters (lactones) is 1. The zero-order valence-corrected chi connectivity index (χ0v) is 23.2. The van der Waals surface area contributed by atoms with Crippen LogP contribution >= 0.6 is 66.1 Å². The third-order valence-electron chi connectivity index (χ3n) is 4.61. The van der Waals surface area contributed by atoms with Crippen LogP contribution in [0.4, 0.5) is 0 Å². The third kappa shape index (κ3) is 5.79.